The second-order valence-corrected chi connectivity index (χ2v) is 5.26. The molecule has 0 aliphatic heterocycles. The van der Waals surface area contributed by atoms with Gasteiger partial charge in [0.25, 0.3) is 0 Å². The van der Waals surface area contributed by atoms with Crippen molar-refractivity contribution in [1.29, 1.82) is 0 Å². The summed E-state index contributed by atoms with van der Waals surface area (Å²) in [4.78, 5) is 11.1. The molecule has 2 unspecified atom stereocenters. The number of hydrogen-bond donors (Lipinski definition) is 1. The summed E-state index contributed by atoms with van der Waals surface area (Å²) in [6.45, 7) is 8.11. The number of rotatable bonds is 6. The fourth-order valence-corrected chi connectivity index (χ4v) is 2.70. The first-order valence-corrected chi connectivity index (χ1v) is 6.72. The Morgan fingerprint density at radius 3 is 2.37 bits per heavy atom. The van der Waals surface area contributed by atoms with Crippen molar-refractivity contribution in [3.05, 3.63) is 21.5 Å². The highest BCUT2D eigenvalue weighted by molar-refractivity contribution is 5.44. The summed E-state index contributed by atoms with van der Waals surface area (Å²) < 4.78 is 1.68. The molecular formula is C13H24N4O2. The van der Waals surface area contributed by atoms with Gasteiger partial charge in [0.05, 0.1) is 4.92 Å². The molecule has 0 fully saturated rings. The number of likely N-dealkylation sites (N-methyl/N-ethyl adjacent to an activating group) is 1. The van der Waals surface area contributed by atoms with E-state index in [0.29, 0.717) is 18.0 Å². The summed E-state index contributed by atoms with van der Waals surface area (Å²) in [5.41, 5.74) is 1.47. The van der Waals surface area contributed by atoms with Crippen LogP contribution in [0.2, 0.25) is 0 Å². The molecule has 1 aromatic heterocycles. The molecule has 1 N–H and O–H groups in total. The number of aryl methyl sites for hydroxylation is 2. The molecule has 1 heterocycles. The summed E-state index contributed by atoms with van der Waals surface area (Å²) in [6.07, 6.45) is 0.572. The van der Waals surface area contributed by atoms with Crippen LogP contribution in [0.15, 0.2) is 0 Å². The quantitative estimate of drug-likeness (QED) is 0.634. The van der Waals surface area contributed by atoms with Gasteiger partial charge in [-0.25, -0.2) is 0 Å². The predicted octanol–water partition coefficient (Wildman–Crippen LogP) is 2.24. The lowest BCUT2D eigenvalue weighted by Crippen LogP contribution is -2.33. The molecule has 6 nitrogen and oxygen atoms in total. The second-order valence-electron chi connectivity index (χ2n) is 5.26. The largest absolute Gasteiger partial charge is 0.317 e. The Balaban J connectivity index is 3.45. The first-order chi connectivity index (χ1) is 8.84. The van der Waals surface area contributed by atoms with Gasteiger partial charge in [-0.15, -0.1) is 0 Å². The zero-order valence-electron chi connectivity index (χ0n) is 12.6. The summed E-state index contributed by atoms with van der Waals surface area (Å²) in [5, 5.41) is 18.9. The van der Waals surface area contributed by atoms with E-state index in [1.54, 1.807) is 11.7 Å². The summed E-state index contributed by atoms with van der Waals surface area (Å²) in [5.74, 6) is 0.351. The molecule has 0 amide bonds. The van der Waals surface area contributed by atoms with Gasteiger partial charge in [0.1, 0.15) is 11.4 Å². The third-order valence-electron chi connectivity index (χ3n) is 3.68. The topological polar surface area (TPSA) is 73.0 Å². The van der Waals surface area contributed by atoms with Gasteiger partial charge in [0, 0.05) is 19.0 Å². The van der Waals surface area contributed by atoms with Gasteiger partial charge in [-0.05, 0) is 26.3 Å². The van der Waals surface area contributed by atoms with Gasteiger partial charge in [-0.2, -0.15) is 5.10 Å². The van der Waals surface area contributed by atoms with E-state index in [2.05, 4.69) is 24.3 Å². The van der Waals surface area contributed by atoms with Crippen LogP contribution in [-0.4, -0.2) is 27.8 Å². The highest BCUT2D eigenvalue weighted by atomic mass is 16.6. The zero-order chi connectivity index (χ0) is 14.7. The number of nitro groups is 1. The van der Waals surface area contributed by atoms with E-state index in [0.717, 1.165) is 5.69 Å². The van der Waals surface area contributed by atoms with E-state index in [4.69, 9.17) is 0 Å². The van der Waals surface area contributed by atoms with Gasteiger partial charge in [0.2, 0.25) is 0 Å². The molecule has 1 rings (SSSR count). The van der Waals surface area contributed by atoms with Crippen LogP contribution in [0.4, 0.5) is 5.69 Å². The lowest BCUT2D eigenvalue weighted by atomic mass is 9.85. The normalized spacial score (nSPS) is 14.7. The van der Waals surface area contributed by atoms with Gasteiger partial charge >= 0.3 is 5.69 Å². The molecule has 0 aliphatic carbocycles. The van der Waals surface area contributed by atoms with Crippen molar-refractivity contribution >= 4 is 5.69 Å². The van der Waals surface area contributed by atoms with E-state index in [1.165, 1.54) is 0 Å². The van der Waals surface area contributed by atoms with E-state index in [9.17, 15) is 10.1 Å². The molecule has 0 saturated carbocycles. The smallest absolute Gasteiger partial charge is 0.313 e. The SMILES string of the molecule is CCc1nn(C)c(C(C(C)C)C(C)NC)c1[N+](=O)[O-]. The second kappa shape index (κ2) is 6.14. The minimum atomic E-state index is -0.293. The van der Waals surface area contributed by atoms with E-state index in [1.807, 2.05) is 20.9 Å². The van der Waals surface area contributed by atoms with E-state index < -0.39 is 0 Å². The molecule has 0 radical (unpaired) electrons. The molecule has 6 heteroatoms. The summed E-state index contributed by atoms with van der Waals surface area (Å²) in [7, 11) is 3.67. The van der Waals surface area contributed by atoms with Gasteiger partial charge < -0.3 is 5.32 Å². The van der Waals surface area contributed by atoms with Crippen LogP contribution in [0.1, 0.15) is 45.0 Å². The third-order valence-corrected chi connectivity index (χ3v) is 3.68. The Morgan fingerprint density at radius 2 is 2.00 bits per heavy atom. The average molecular weight is 268 g/mol. The van der Waals surface area contributed by atoms with Crippen molar-refractivity contribution in [2.24, 2.45) is 13.0 Å². The van der Waals surface area contributed by atoms with Crippen LogP contribution in [0.25, 0.3) is 0 Å². The minimum absolute atomic E-state index is 0.0585. The van der Waals surface area contributed by atoms with Crippen LogP contribution >= 0.6 is 0 Å². The average Bonchev–Trinajstić information content (AvgIpc) is 2.66. The van der Waals surface area contributed by atoms with Gasteiger partial charge in [-0.1, -0.05) is 20.8 Å². The van der Waals surface area contributed by atoms with Crippen molar-refractivity contribution in [3.8, 4) is 0 Å². The van der Waals surface area contributed by atoms with E-state index >= 15 is 0 Å². The molecule has 0 spiro atoms. The Labute approximate surface area is 114 Å². The summed E-state index contributed by atoms with van der Waals surface area (Å²) in [6, 6.07) is 0.152. The van der Waals surface area contributed by atoms with Crippen molar-refractivity contribution in [2.45, 2.75) is 46.1 Å². The standard InChI is InChI=1S/C13H24N4O2/c1-7-10-12(17(18)19)13(16(6)15-10)11(8(2)3)9(4)14-5/h8-9,11,14H,7H2,1-6H3. The Kier molecular flexibility index (Phi) is 5.05. The molecule has 108 valence electrons. The third kappa shape index (κ3) is 2.94. The maximum absolute atomic E-state index is 11.4. The predicted molar refractivity (Wildman–Crippen MR) is 75.3 cm³/mol. The number of nitrogens with one attached hydrogen (secondary N) is 1. The van der Waals surface area contributed by atoms with Gasteiger partial charge in [-0.3, -0.25) is 14.8 Å². The fourth-order valence-electron chi connectivity index (χ4n) is 2.70. The molecule has 0 bridgehead atoms. The maximum Gasteiger partial charge on any atom is 0.313 e. The van der Waals surface area contributed by atoms with Gasteiger partial charge in [0.15, 0.2) is 0 Å². The highest BCUT2D eigenvalue weighted by Crippen LogP contribution is 2.36. The Morgan fingerprint density at radius 1 is 1.42 bits per heavy atom. The molecule has 0 saturated heterocycles. The zero-order valence-corrected chi connectivity index (χ0v) is 12.6. The van der Waals surface area contributed by atoms with Crippen molar-refractivity contribution in [1.82, 2.24) is 15.1 Å². The molecule has 0 aliphatic rings. The van der Waals surface area contributed by atoms with Crippen LogP contribution < -0.4 is 5.32 Å². The molecule has 19 heavy (non-hydrogen) atoms. The van der Waals surface area contributed by atoms with Crippen molar-refractivity contribution in [2.75, 3.05) is 7.05 Å². The van der Waals surface area contributed by atoms with Crippen LogP contribution in [-0.2, 0) is 13.5 Å². The van der Waals surface area contributed by atoms with Crippen LogP contribution in [0, 0.1) is 16.0 Å². The number of aromatic nitrogens is 2. The number of hydrogen-bond acceptors (Lipinski definition) is 4. The lowest BCUT2D eigenvalue weighted by molar-refractivity contribution is -0.386. The Bertz CT molecular complexity index is 454. The molecule has 2 atom stereocenters. The first kappa shape index (κ1) is 15.6. The number of nitrogens with zero attached hydrogens (tertiary/aromatic N) is 3. The maximum atomic E-state index is 11.4. The summed E-state index contributed by atoms with van der Waals surface area (Å²) >= 11 is 0. The van der Waals surface area contributed by atoms with Crippen molar-refractivity contribution in [3.63, 3.8) is 0 Å². The fraction of sp³-hybridized carbons (Fsp3) is 0.769. The molecule has 0 aromatic carbocycles. The molecular weight excluding hydrogens is 244 g/mol. The van der Waals surface area contributed by atoms with Crippen LogP contribution in [0.3, 0.4) is 0 Å². The monoisotopic (exact) mass is 268 g/mol. The lowest BCUT2D eigenvalue weighted by Gasteiger charge is -2.26. The highest BCUT2D eigenvalue weighted by Gasteiger charge is 2.35. The van der Waals surface area contributed by atoms with E-state index in [-0.39, 0.29) is 22.6 Å². The van der Waals surface area contributed by atoms with Crippen LogP contribution in [0.5, 0.6) is 0 Å². The van der Waals surface area contributed by atoms with Crippen molar-refractivity contribution < 1.29 is 4.92 Å². The Hall–Kier alpha value is -1.43. The molecule has 1 aromatic rings. The first-order valence-electron chi connectivity index (χ1n) is 6.72. The minimum Gasteiger partial charge on any atom is -0.317 e.